The molecular weight excluding hydrogens is 419 g/mol. The number of ether oxygens (including phenoxy) is 3. The highest BCUT2D eigenvalue weighted by Crippen LogP contribution is 2.33. The molecule has 2 rings (SSSR count). The summed E-state index contributed by atoms with van der Waals surface area (Å²) >= 11 is 5.68. The molecule has 0 aliphatic carbocycles. The van der Waals surface area contributed by atoms with Gasteiger partial charge in [0.1, 0.15) is 24.2 Å². The highest BCUT2D eigenvalue weighted by atomic mass is 35.5. The maximum absolute atomic E-state index is 12.0. The van der Waals surface area contributed by atoms with E-state index < -0.39 is 6.10 Å². The van der Waals surface area contributed by atoms with Gasteiger partial charge >= 0.3 is 0 Å². The smallest absolute Gasteiger partial charge is 0.119 e. The topological polar surface area (TPSA) is 47.9 Å². The molecule has 0 saturated carbocycles. The van der Waals surface area contributed by atoms with E-state index in [0.717, 1.165) is 17.7 Å². The lowest BCUT2D eigenvalue weighted by atomic mass is 9.78. The van der Waals surface area contributed by atoms with Crippen molar-refractivity contribution in [3.8, 4) is 11.5 Å². The summed E-state index contributed by atoms with van der Waals surface area (Å²) < 4.78 is 28.7. The average molecular weight is 453 g/mol. The minimum absolute atomic E-state index is 0.150. The summed E-state index contributed by atoms with van der Waals surface area (Å²) in [6.45, 7) is 5.42. The van der Waals surface area contributed by atoms with Crippen LogP contribution in [0.4, 0.5) is 4.39 Å². The molecule has 0 heterocycles. The lowest BCUT2D eigenvalue weighted by molar-refractivity contribution is 0.0108. The Morgan fingerprint density at radius 1 is 0.839 bits per heavy atom. The Balaban J connectivity index is 1.85. The quantitative estimate of drug-likeness (QED) is 0.285. The van der Waals surface area contributed by atoms with E-state index in [4.69, 9.17) is 25.8 Å². The van der Waals surface area contributed by atoms with Crippen LogP contribution in [0.5, 0.6) is 11.5 Å². The molecule has 0 fully saturated rings. The first kappa shape index (κ1) is 25.4. The fourth-order valence-electron chi connectivity index (χ4n) is 3.11. The maximum atomic E-state index is 12.0. The molecule has 2 aromatic rings. The second kappa shape index (κ2) is 13.6. The number of benzene rings is 2. The van der Waals surface area contributed by atoms with Crippen LogP contribution >= 0.6 is 11.6 Å². The number of alkyl halides is 2. The van der Waals surface area contributed by atoms with Gasteiger partial charge in [0.25, 0.3) is 0 Å². The summed E-state index contributed by atoms with van der Waals surface area (Å²) in [5.41, 5.74) is 2.17. The molecule has 0 aromatic heterocycles. The summed E-state index contributed by atoms with van der Waals surface area (Å²) in [7, 11) is 0. The predicted molar refractivity (Wildman–Crippen MR) is 123 cm³/mol. The number of halogens is 2. The molecule has 0 aliphatic heterocycles. The zero-order chi connectivity index (χ0) is 22.5. The second-order valence-electron chi connectivity index (χ2n) is 8.00. The highest BCUT2D eigenvalue weighted by Gasteiger charge is 2.23. The van der Waals surface area contributed by atoms with Gasteiger partial charge in [-0.15, -0.1) is 11.6 Å². The van der Waals surface area contributed by atoms with Crippen LogP contribution in [0.25, 0.3) is 0 Å². The van der Waals surface area contributed by atoms with Crippen molar-refractivity contribution in [2.24, 2.45) is 0 Å². The number of hydrogen-bond donors (Lipinski definition) is 1. The van der Waals surface area contributed by atoms with E-state index in [1.54, 1.807) is 0 Å². The van der Waals surface area contributed by atoms with Gasteiger partial charge in [0, 0.05) is 17.9 Å². The van der Waals surface area contributed by atoms with Crippen molar-refractivity contribution in [3.05, 3.63) is 59.7 Å². The normalized spacial score (nSPS) is 12.5. The fraction of sp³-hybridized carbons (Fsp3) is 0.520. The van der Waals surface area contributed by atoms with Crippen molar-refractivity contribution >= 4 is 11.6 Å². The lowest BCUT2D eigenvalue weighted by Crippen LogP contribution is -2.24. The Hall–Kier alpha value is -1.82. The monoisotopic (exact) mass is 452 g/mol. The number of hydrogen-bond acceptors (Lipinski definition) is 4. The van der Waals surface area contributed by atoms with E-state index in [1.807, 2.05) is 36.4 Å². The van der Waals surface area contributed by atoms with Gasteiger partial charge in [0.15, 0.2) is 0 Å². The predicted octanol–water partition coefficient (Wildman–Crippen LogP) is 5.53. The summed E-state index contributed by atoms with van der Waals surface area (Å²) in [4.78, 5) is 0. The maximum Gasteiger partial charge on any atom is 0.119 e. The van der Waals surface area contributed by atoms with Gasteiger partial charge in [-0.1, -0.05) is 38.1 Å². The van der Waals surface area contributed by atoms with Crippen LogP contribution in [0, 0.1) is 0 Å². The average Bonchev–Trinajstić information content (AvgIpc) is 2.78. The van der Waals surface area contributed by atoms with Crippen molar-refractivity contribution < 1.29 is 23.7 Å². The molecule has 0 aliphatic rings. The van der Waals surface area contributed by atoms with E-state index >= 15 is 0 Å². The third kappa shape index (κ3) is 8.68. The molecule has 31 heavy (non-hydrogen) atoms. The lowest BCUT2D eigenvalue weighted by Gasteiger charge is -2.26. The number of aliphatic hydroxyl groups is 1. The van der Waals surface area contributed by atoms with E-state index in [0.29, 0.717) is 37.7 Å². The van der Waals surface area contributed by atoms with Crippen molar-refractivity contribution in [1.29, 1.82) is 0 Å². The molecule has 4 nitrogen and oxygen atoms in total. The van der Waals surface area contributed by atoms with E-state index in [9.17, 15) is 9.50 Å². The zero-order valence-corrected chi connectivity index (χ0v) is 19.2. The third-order valence-electron chi connectivity index (χ3n) is 5.12. The standard InChI is InChI=1S/C25H34ClFO4/c1-25(2,20-6-10-23(11-7-20)30-17-5-14-26)21-8-12-24(13-9-21)31-19-22(28)18-29-16-4-3-15-27/h6-13,22,28H,3-5,14-19H2,1-2H3/t22-/m1/s1. The summed E-state index contributed by atoms with van der Waals surface area (Å²) in [5.74, 6) is 2.14. The Morgan fingerprint density at radius 3 is 1.97 bits per heavy atom. The molecule has 0 radical (unpaired) electrons. The van der Waals surface area contributed by atoms with Crippen LogP contribution in [0.15, 0.2) is 48.5 Å². The molecule has 0 unspecified atom stereocenters. The van der Waals surface area contributed by atoms with Gasteiger partial charge in [0.2, 0.25) is 0 Å². The Bertz CT molecular complexity index is 734. The fourth-order valence-corrected chi connectivity index (χ4v) is 3.21. The zero-order valence-electron chi connectivity index (χ0n) is 18.5. The van der Waals surface area contributed by atoms with Gasteiger partial charge < -0.3 is 19.3 Å². The van der Waals surface area contributed by atoms with Crippen LogP contribution in [-0.4, -0.2) is 50.2 Å². The van der Waals surface area contributed by atoms with Crippen LogP contribution in [0.2, 0.25) is 0 Å². The van der Waals surface area contributed by atoms with Crippen LogP contribution in [0.3, 0.4) is 0 Å². The number of rotatable bonds is 15. The van der Waals surface area contributed by atoms with Crippen LogP contribution in [-0.2, 0) is 10.2 Å². The molecule has 1 atom stereocenters. The third-order valence-corrected chi connectivity index (χ3v) is 5.39. The minimum atomic E-state index is -0.716. The number of unbranched alkanes of at least 4 members (excludes halogenated alkanes) is 1. The largest absolute Gasteiger partial charge is 0.494 e. The van der Waals surface area contributed by atoms with Crippen LogP contribution < -0.4 is 9.47 Å². The van der Waals surface area contributed by atoms with Crippen LogP contribution in [0.1, 0.15) is 44.2 Å². The molecule has 0 bridgehead atoms. The molecule has 0 amide bonds. The first-order chi connectivity index (χ1) is 15.0. The summed E-state index contributed by atoms with van der Waals surface area (Å²) in [6.07, 6.45) is 1.26. The van der Waals surface area contributed by atoms with Gasteiger partial charge in [-0.3, -0.25) is 4.39 Å². The van der Waals surface area contributed by atoms with E-state index in [2.05, 4.69) is 26.0 Å². The molecular formula is C25H34ClFO4. The first-order valence-electron chi connectivity index (χ1n) is 10.8. The second-order valence-corrected chi connectivity index (χ2v) is 8.38. The van der Waals surface area contributed by atoms with Crippen molar-refractivity contribution in [3.63, 3.8) is 0 Å². The van der Waals surface area contributed by atoms with Gasteiger partial charge in [-0.2, -0.15) is 0 Å². The Labute approximate surface area is 190 Å². The van der Waals surface area contributed by atoms with Gasteiger partial charge in [-0.25, -0.2) is 0 Å². The first-order valence-corrected chi connectivity index (χ1v) is 11.3. The molecule has 0 spiro atoms. The molecule has 6 heteroatoms. The Kier molecular flexibility index (Phi) is 11.1. The van der Waals surface area contributed by atoms with Gasteiger partial charge in [-0.05, 0) is 54.7 Å². The molecule has 2 aromatic carbocycles. The summed E-state index contributed by atoms with van der Waals surface area (Å²) in [6, 6.07) is 16.1. The van der Waals surface area contributed by atoms with Crippen molar-refractivity contribution in [2.45, 2.75) is 44.6 Å². The number of aliphatic hydroxyl groups excluding tert-OH is 1. The van der Waals surface area contributed by atoms with Gasteiger partial charge in [0.05, 0.1) is 19.9 Å². The Morgan fingerprint density at radius 2 is 1.42 bits per heavy atom. The minimum Gasteiger partial charge on any atom is -0.494 e. The van der Waals surface area contributed by atoms with Crippen molar-refractivity contribution in [1.82, 2.24) is 0 Å². The molecule has 172 valence electrons. The van der Waals surface area contributed by atoms with E-state index in [1.165, 1.54) is 5.56 Å². The van der Waals surface area contributed by atoms with E-state index in [-0.39, 0.29) is 25.3 Å². The SMILES string of the molecule is CC(C)(c1ccc(OCCCCl)cc1)c1ccc(OC[C@H](O)COCCCCF)cc1. The highest BCUT2D eigenvalue weighted by molar-refractivity contribution is 6.17. The van der Waals surface area contributed by atoms with Crippen molar-refractivity contribution in [2.75, 3.05) is 39.0 Å². The molecule has 1 N–H and O–H groups in total. The molecule has 0 saturated heterocycles. The summed E-state index contributed by atoms with van der Waals surface area (Å²) in [5, 5.41) is 9.95.